The Morgan fingerprint density at radius 1 is 1.25 bits per heavy atom. The molecule has 8 heteroatoms. The van der Waals surface area contributed by atoms with Crippen molar-refractivity contribution in [1.82, 2.24) is 4.90 Å². The van der Waals surface area contributed by atoms with Gasteiger partial charge in [-0.3, -0.25) is 4.79 Å². The molecular formula is C16H23N3O5. The molecule has 0 spiro atoms. The van der Waals surface area contributed by atoms with E-state index in [0.29, 0.717) is 5.69 Å². The first kappa shape index (κ1) is 19.4. The lowest BCUT2D eigenvalue weighted by Crippen LogP contribution is -2.45. The number of nitrogens with two attached hydrogens (primary N) is 1. The summed E-state index contributed by atoms with van der Waals surface area (Å²) in [6.07, 6.45) is -0.790. The van der Waals surface area contributed by atoms with Crippen molar-refractivity contribution in [2.24, 2.45) is 5.73 Å². The van der Waals surface area contributed by atoms with E-state index in [9.17, 15) is 14.4 Å². The van der Waals surface area contributed by atoms with Gasteiger partial charge in [0.05, 0.1) is 0 Å². The van der Waals surface area contributed by atoms with E-state index in [0.717, 1.165) is 4.90 Å². The van der Waals surface area contributed by atoms with Gasteiger partial charge in [0.1, 0.15) is 11.4 Å². The van der Waals surface area contributed by atoms with Crippen LogP contribution in [0.5, 0.6) is 5.75 Å². The smallest absolute Gasteiger partial charge is 0.418 e. The van der Waals surface area contributed by atoms with Crippen LogP contribution in [0.1, 0.15) is 27.7 Å². The number of esters is 1. The first-order valence-electron chi connectivity index (χ1n) is 7.42. The summed E-state index contributed by atoms with van der Waals surface area (Å²) in [7, 11) is 0. The second-order valence-corrected chi connectivity index (χ2v) is 5.97. The fraction of sp³-hybridized carbons (Fsp3) is 0.438. The largest absolute Gasteiger partial charge is 0.443 e. The van der Waals surface area contributed by atoms with Gasteiger partial charge in [0.25, 0.3) is 0 Å². The molecular weight excluding hydrogens is 314 g/mol. The van der Waals surface area contributed by atoms with Gasteiger partial charge in [-0.05, 0) is 32.9 Å². The number of amides is 3. The summed E-state index contributed by atoms with van der Waals surface area (Å²) in [5, 5.41) is 2.55. The molecule has 1 aromatic rings. The minimum Gasteiger partial charge on any atom is -0.443 e. The molecule has 0 saturated carbocycles. The molecule has 0 unspecified atom stereocenters. The van der Waals surface area contributed by atoms with E-state index in [2.05, 4.69) is 5.32 Å². The summed E-state index contributed by atoms with van der Waals surface area (Å²) in [6.45, 7) is 6.48. The predicted octanol–water partition coefficient (Wildman–Crippen LogP) is 2.34. The molecule has 1 rings (SSSR count). The normalized spacial score (nSPS) is 10.7. The van der Waals surface area contributed by atoms with Crippen LogP contribution in [0.3, 0.4) is 0 Å². The third-order valence-electron chi connectivity index (χ3n) is 2.56. The highest BCUT2D eigenvalue weighted by molar-refractivity contribution is 5.99. The lowest BCUT2D eigenvalue weighted by molar-refractivity contribution is -0.131. The van der Waals surface area contributed by atoms with Crippen LogP contribution in [-0.4, -0.2) is 41.7 Å². The van der Waals surface area contributed by atoms with E-state index in [1.54, 1.807) is 39.0 Å². The third kappa shape index (κ3) is 6.66. The van der Waals surface area contributed by atoms with Crippen molar-refractivity contribution < 1.29 is 23.9 Å². The predicted molar refractivity (Wildman–Crippen MR) is 88.8 cm³/mol. The SMILES string of the molecule is CC(=O)Oc1cccc(NC(=O)N(CCN)C(=O)OC(C)(C)C)c1. The Hall–Kier alpha value is -2.61. The van der Waals surface area contributed by atoms with E-state index < -0.39 is 23.7 Å². The third-order valence-corrected chi connectivity index (χ3v) is 2.56. The van der Waals surface area contributed by atoms with E-state index in [1.807, 2.05) is 0 Å². The number of anilines is 1. The van der Waals surface area contributed by atoms with E-state index in [-0.39, 0.29) is 18.8 Å². The first-order valence-corrected chi connectivity index (χ1v) is 7.42. The fourth-order valence-corrected chi connectivity index (χ4v) is 1.72. The molecule has 0 aliphatic rings. The molecule has 0 saturated heterocycles. The highest BCUT2D eigenvalue weighted by Crippen LogP contribution is 2.18. The number of imide groups is 1. The Labute approximate surface area is 140 Å². The highest BCUT2D eigenvalue weighted by Gasteiger charge is 2.26. The van der Waals surface area contributed by atoms with Crippen LogP contribution >= 0.6 is 0 Å². The Kier molecular flexibility index (Phi) is 6.72. The van der Waals surface area contributed by atoms with E-state index in [1.165, 1.54) is 13.0 Å². The van der Waals surface area contributed by atoms with Crippen molar-refractivity contribution in [3.8, 4) is 5.75 Å². The lowest BCUT2D eigenvalue weighted by Gasteiger charge is -2.26. The van der Waals surface area contributed by atoms with Gasteiger partial charge in [-0.15, -0.1) is 0 Å². The Bertz CT molecular complexity index is 610. The molecule has 3 amide bonds. The molecule has 0 bridgehead atoms. The van der Waals surface area contributed by atoms with Gasteiger partial charge in [0.15, 0.2) is 0 Å². The summed E-state index contributed by atoms with van der Waals surface area (Å²) in [6, 6.07) is 5.56. The molecule has 0 aliphatic heterocycles. The molecule has 0 fully saturated rings. The molecule has 8 nitrogen and oxygen atoms in total. The Balaban J connectivity index is 2.85. The number of urea groups is 1. The molecule has 0 radical (unpaired) electrons. The molecule has 3 N–H and O–H groups in total. The standard InChI is InChI=1S/C16H23N3O5/c1-11(20)23-13-7-5-6-12(10-13)18-14(21)19(9-8-17)15(22)24-16(2,3)4/h5-7,10H,8-9,17H2,1-4H3,(H,18,21). The van der Waals surface area contributed by atoms with Gasteiger partial charge >= 0.3 is 18.1 Å². The topological polar surface area (TPSA) is 111 Å². The minimum atomic E-state index is -0.790. The minimum absolute atomic E-state index is 0.00435. The second kappa shape index (κ2) is 8.30. The zero-order valence-corrected chi connectivity index (χ0v) is 14.3. The van der Waals surface area contributed by atoms with Crippen LogP contribution in [0.25, 0.3) is 0 Å². The van der Waals surface area contributed by atoms with Crippen molar-refractivity contribution in [3.63, 3.8) is 0 Å². The summed E-state index contributed by atoms with van der Waals surface area (Å²) < 4.78 is 10.1. The molecule has 0 aliphatic carbocycles. The van der Waals surface area contributed by atoms with Crippen LogP contribution in [0.4, 0.5) is 15.3 Å². The first-order chi connectivity index (χ1) is 11.1. The number of hydrogen-bond acceptors (Lipinski definition) is 6. The summed E-state index contributed by atoms with van der Waals surface area (Å²) in [5.74, 6) is -0.195. The van der Waals surface area contributed by atoms with Crippen molar-refractivity contribution in [2.75, 3.05) is 18.4 Å². The van der Waals surface area contributed by atoms with E-state index >= 15 is 0 Å². The Morgan fingerprint density at radius 2 is 1.92 bits per heavy atom. The average Bonchev–Trinajstić information content (AvgIpc) is 2.42. The molecule has 1 aromatic carbocycles. The van der Waals surface area contributed by atoms with Gasteiger partial charge < -0.3 is 20.5 Å². The highest BCUT2D eigenvalue weighted by atomic mass is 16.6. The maximum atomic E-state index is 12.3. The quantitative estimate of drug-likeness (QED) is 0.644. The number of carbonyl (C=O) groups excluding carboxylic acids is 3. The van der Waals surface area contributed by atoms with Crippen molar-refractivity contribution >= 4 is 23.8 Å². The van der Waals surface area contributed by atoms with Crippen LogP contribution in [-0.2, 0) is 9.53 Å². The summed E-state index contributed by atoms with van der Waals surface area (Å²) in [4.78, 5) is 36.3. The zero-order chi connectivity index (χ0) is 18.3. The van der Waals surface area contributed by atoms with Crippen LogP contribution in [0, 0.1) is 0 Å². The van der Waals surface area contributed by atoms with Gasteiger partial charge in [0.2, 0.25) is 0 Å². The monoisotopic (exact) mass is 337 g/mol. The number of rotatable bonds is 4. The van der Waals surface area contributed by atoms with Crippen molar-refractivity contribution in [3.05, 3.63) is 24.3 Å². The number of hydrogen-bond donors (Lipinski definition) is 2. The Morgan fingerprint density at radius 3 is 2.46 bits per heavy atom. The average molecular weight is 337 g/mol. The fourth-order valence-electron chi connectivity index (χ4n) is 1.72. The molecule has 132 valence electrons. The van der Waals surface area contributed by atoms with E-state index in [4.69, 9.17) is 15.2 Å². The lowest BCUT2D eigenvalue weighted by atomic mass is 10.2. The maximum Gasteiger partial charge on any atom is 0.418 e. The molecule has 0 atom stereocenters. The van der Waals surface area contributed by atoms with Gasteiger partial charge in [0, 0.05) is 31.8 Å². The second-order valence-electron chi connectivity index (χ2n) is 5.97. The van der Waals surface area contributed by atoms with Gasteiger partial charge in [-0.25, -0.2) is 14.5 Å². The molecule has 0 heterocycles. The van der Waals surface area contributed by atoms with Gasteiger partial charge in [-0.1, -0.05) is 6.07 Å². The number of benzene rings is 1. The van der Waals surface area contributed by atoms with Crippen molar-refractivity contribution in [1.29, 1.82) is 0 Å². The zero-order valence-electron chi connectivity index (χ0n) is 14.3. The van der Waals surface area contributed by atoms with Crippen LogP contribution in [0.15, 0.2) is 24.3 Å². The van der Waals surface area contributed by atoms with Gasteiger partial charge in [-0.2, -0.15) is 0 Å². The number of ether oxygens (including phenoxy) is 2. The summed E-state index contributed by atoms with van der Waals surface area (Å²) in [5.41, 5.74) is 5.08. The summed E-state index contributed by atoms with van der Waals surface area (Å²) >= 11 is 0. The number of carbonyl (C=O) groups is 3. The maximum absolute atomic E-state index is 12.3. The number of nitrogens with one attached hydrogen (secondary N) is 1. The van der Waals surface area contributed by atoms with Crippen LogP contribution in [0.2, 0.25) is 0 Å². The molecule has 24 heavy (non-hydrogen) atoms. The van der Waals surface area contributed by atoms with Crippen LogP contribution < -0.4 is 15.8 Å². The molecule has 0 aromatic heterocycles. The number of nitrogens with zero attached hydrogens (tertiary/aromatic N) is 1. The van der Waals surface area contributed by atoms with Crippen molar-refractivity contribution in [2.45, 2.75) is 33.3 Å².